The molecule has 0 bridgehead atoms. The average molecular weight is 347 g/mol. The van der Waals surface area contributed by atoms with Gasteiger partial charge < -0.3 is 5.32 Å². The molecule has 0 saturated heterocycles. The summed E-state index contributed by atoms with van der Waals surface area (Å²) in [5, 5.41) is 15.0. The van der Waals surface area contributed by atoms with Gasteiger partial charge in [0.1, 0.15) is 0 Å². The molecule has 0 radical (unpaired) electrons. The van der Waals surface area contributed by atoms with Crippen molar-refractivity contribution >= 4 is 46.2 Å². The molecule has 6 nitrogen and oxygen atoms in total. The molecule has 1 heterocycles. The molecular weight excluding hydrogens is 336 g/mol. The number of carbonyl (C=O) groups excluding carboxylic acids is 2. The Kier molecular flexibility index (Phi) is 5.46. The van der Waals surface area contributed by atoms with Crippen LogP contribution >= 0.6 is 22.9 Å². The normalized spacial score (nSPS) is 10.7. The zero-order valence-electron chi connectivity index (χ0n) is 12.0. The van der Waals surface area contributed by atoms with Crippen molar-refractivity contribution in [3.05, 3.63) is 51.2 Å². The van der Waals surface area contributed by atoms with Crippen molar-refractivity contribution in [1.29, 1.82) is 5.26 Å². The zero-order chi connectivity index (χ0) is 16.8. The van der Waals surface area contributed by atoms with Crippen LogP contribution in [-0.2, 0) is 9.59 Å². The number of carbonyl (C=O) groups is 2. The maximum absolute atomic E-state index is 11.7. The molecule has 116 valence electrons. The summed E-state index contributed by atoms with van der Waals surface area (Å²) in [5.41, 5.74) is 3.60. The van der Waals surface area contributed by atoms with Crippen molar-refractivity contribution in [2.24, 2.45) is 5.10 Å². The Labute approximate surface area is 141 Å². The SMILES string of the molecule is C/C(=N\NC(=O)C(=O)Nc1ccc(C#N)cc1)c1ccc(Cl)s1. The number of hydrogen-bond donors (Lipinski definition) is 2. The van der Waals surface area contributed by atoms with Crippen molar-refractivity contribution in [2.75, 3.05) is 5.32 Å². The predicted molar refractivity (Wildman–Crippen MR) is 89.5 cm³/mol. The number of nitrogens with zero attached hydrogens (tertiary/aromatic N) is 2. The van der Waals surface area contributed by atoms with Crippen LogP contribution in [0.1, 0.15) is 17.4 Å². The van der Waals surface area contributed by atoms with Crippen LogP contribution in [0.4, 0.5) is 5.69 Å². The number of nitriles is 1. The van der Waals surface area contributed by atoms with Crippen LogP contribution in [0.25, 0.3) is 0 Å². The summed E-state index contributed by atoms with van der Waals surface area (Å²) in [6.07, 6.45) is 0. The minimum atomic E-state index is -0.892. The average Bonchev–Trinajstić information content (AvgIpc) is 2.99. The number of hydrogen-bond acceptors (Lipinski definition) is 5. The molecule has 0 aliphatic carbocycles. The van der Waals surface area contributed by atoms with Gasteiger partial charge in [0.05, 0.1) is 26.6 Å². The van der Waals surface area contributed by atoms with Crippen molar-refractivity contribution in [3.63, 3.8) is 0 Å². The number of nitrogens with one attached hydrogen (secondary N) is 2. The van der Waals surface area contributed by atoms with E-state index >= 15 is 0 Å². The van der Waals surface area contributed by atoms with Crippen molar-refractivity contribution in [3.8, 4) is 6.07 Å². The third kappa shape index (κ3) is 4.64. The Morgan fingerprint density at radius 1 is 1.17 bits per heavy atom. The summed E-state index contributed by atoms with van der Waals surface area (Å²) >= 11 is 7.14. The van der Waals surface area contributed by atoms with Gasteiger partial charge in [-0.3, -0.25) is 9.59 Å². The second-order valence-corrected chi connectivity index (χ2v) is 6.10. The van der Waals surface area contributed by atoms with Gasteiger partial charge in [0.25, 0.3) is 0 Å². The maximum atomic E-state index is 11.7. The fraction of sp³-hybridized carbons (Fsp3) is 0.0667. The van der Waals surface area contributed by atoms with E-state index in [0.29, 0.717) is 21.3 Å². The highest BCUT2D eigenvalue weighted by molar-refractivity contribution is 7.18. The van der Waals surface area contributed by atoms with Crippen LogP contribution in [0, 0.1) is 11.3 Å². The summed E-state index contributed by atoms with van der Waals surface area (Å²) < 4.78 is 0.611. The van der Waals surface area contributed by atoms with Gasteiger partial charge in [0, 0.05) is 5.69 Å². The highest BCUT2D eigenvalue weighted by Gasteiger charge is 2.13. The van der Waals surface area contributed by atoms with E-state index < -0.39 is 11.8 Å². The summed E-state index contributed by atoms with van der Waals surface area (Å²) in [5.74, 6) is -1.74. The van der Waals surface area contributed by atoms with E-state index in [-0.39, 0.29) is 0 Å². The van der Waals surface area contributed by atoms with Crippen molar-refractivity contribution in [1.82, 2.24) is 5.43 Å². The first-order valence-corrected chi connectivity index (χ1v) is 7.60. The van der Waals surface area contributed by atoms with Gasteiger partial charge in [-0.2, -0.15) is 10.4 Å². The van der Waals surface area contributed by atoms with Crippen LogP contribution in [0.5, 0.6) is 0 Å². The number of halogens is 1. The van der Waals surface area contributed by atoms with Crippen LogP contribution in [0.15, 0.2) is 41.5 Å². The van der Waals surface area contributed by atoms with E-state index in [1.54, 1.807) is 19.1 Å². The van der Waals surface area contributed by atoms with Gasteiger partial charge >= 0.3 is 11.8 Å². The Balaban J connectivity index is 1.94. The minimum Gasteiger partial charge on any atom is -0.318 e. The highest BCUT2D eigenvalue weighted by Crippen LogP contribution is 2.21. The largest absolute Gasteiger partial charge is 0.329 e. The first-order chi connectivity index (χ1) is 11.0. The molecular formula is C15H11ClN4O2S. The van der Waals surface area contributed by atoms with E-state index in [9.17, 15) is 9.59 Å². The molecule has 2 rings (SSSR count). The fourth-order valence-corrected chi connectivity index (χ4v) is 2.55. The summed E-state index contributed by atoms with van der Waals surface area (Å²) in [7, 11) is 0. The highest BCUT2D eigenvalue weighted by atomic mass is 35.5. The predicted octanol–water partition coefficient (Wildman–Crippen LogP) is 2.75. The first kappa shape index (κ1) is 16.7. The lowest BCUT2D eigenvalue weighted by atomic mass is 10.2. The fourth-order valence-electron chi connectivity index (χ4n) is 1.57. The molecule has 2 amide bonds. The van der Waals surface area contributed by atoms with E-state index in [2.05, 4.69) is 15.8 Å². The summed E-state index contributed by atoms with van der Waals surface area (Å²) in [4.78, 5) is 24.2. The van der Waals surface area contributed by atoms with Crippen LogP contribution in [0.2, 0.25) is 4.34 Å². The molecule has 0 aliphatic heterocycles. The van der Waals surface area contributed by atoms with Crippen LogP contribution in [0.3, 0.4) is 0 Å². The van der Waals surface area contributed by atoms with Crippen LogP contribution < -0.4 is 10.7 Å². The number of hydrazone groups is 1. The van der Waals surface area contributed by atoms with Crippen LogP contribution in [-0.4, -0.2) is 17.5 Å². The molecule has 0 unspecified atom stereocenters. The monoisotopic (exact) mass is 346 g/mol. The standard InChI is InChI=1S/C15H11ClN4O2S/c1-9(12-6-7-13(16)23-12)19-20-15(22)14(21)18-11-4-2-10(8-17)3-5-11/h2-7H,1H3,(H,18,21)(H,20,22)/b19-9+. The molecule has 1 aromatic heterocycles. The Bertz CT molecular complexity index is 806. The van der Waals surface area contributed by atoms with E-state index in [1.165, 1.54) is 35.6 Å². The van der Waals surface area contributed by atoms with Gasteiger partial charge in [-0.25, -0.2) is 5.43 Å². The number of benzene rings is 1. The number of thiophene rings is 1. The smallest absolute Gasteiger partial charge is 0.318 e. The Morgan fingerprint density at radius 3 is 2.43 bits per heavy atom. The summed E-state index contributed by atoms with van der Waals surface area (Å²) in [6.45, 7) is 1.70. The molecule has 2 aromatic rings. The van der Waals surface area contributed by atoms with Gasteiger partial charge in [-0.05, 0) is 43.3 Å². The topological polar surface area (TPSA) is 94.3 Å². The molecule has 23 heavy (non-hydrogen) atoms. The molecule has 2 N–H and O–H groups in total. The zero-order valence-corrected chi connectivity index (χ0v) is 13.5. The number of anilines is 1. The van der Waals surface area contributed by atoms with E-state index in [0.717, 1.165) is 4.88 Å². The van der Waals surface area contributed by atoms with E-state index in [1.807, 2.05) is 6.07 Å². The third-order valence-electron chi connectivity index (χ3n) is 2.73. The third-order valence-corrected chi connectivity index (χ3v) is 4.07. The molecule has 1 aromatic carbocycles. The number of rotatable bonds is 3. The minimum absolute atomic E-state index is 0.412. The molecule has 0 atom stereocenters. The summed E-state index contributed by atoms with van der Waals surface area (Å²) in [6, 6.07) is 11.6. The second kappa shape index (κ2) is 7.54. The lowest BCUT2D eigenvalue weighted by molar-refractivity contribution is -0.136. The quantitative estimate of drug-likeness (QED) is 0.508. The van der Waals surface area contributed by atoms with Gasteiger partial charge in [0.2, 0.25) is 0 Å². The lowest BCUT2D eigenvalue weighted by Crippen LogP contribution is -2.32. The maximum Gasteiger partial charge on any atom is 0.329 e. The van der Waals surface area contributed by atoms with Crippen molar-refractivity contribution < 1.29 is 9.59 Å². The molecule has 0 saturated carbocycles. The first-order valence-electron chi connectivity index (χ1n) is 6.41. The van der Waals surface area contributed by atoms with Crippen molar-refractivity contribution in [2.45, 2.75) is 6.92 Å². The van der Waals surface area contributed by atoms with Gasteiger partial charge in [0.15, 0.2) is 0 Å². The lowest BCUT2D eigenvalue weighted by Gasteiger charge is -2.04. The second-order valence-electron chi connectivity index (χ2n) is 4.39. The molecule has 0 aliphatic rings. The molecule has 0 fully saturated rings. The van der Waals surface area contributed by atoms with Gasteiger partial charge in [-0.15, -0.1) is 11.3 Å². The Hall–Kier alpha value is -2.69. The van der Waals surface area contributed by atoms with Gasteiger partial charge in [-0.1, -0.05) is 11.6 Å². The molecule has 8 heteroatoms. The van der Waals surface area contributed by atoms with E-state index in [4.69, 9.17) is 16.9 Å². The number of amides is 2. The Morgan fingerprint density at radius 2 is 1.87 bits per heavy atom. The molecule has 0 spiro atoms.